The van der Waals surface area contributed by atoms with E-state index in [0.717, 1.165) is 31.2 Å². The van der Waals surface area contributed by atoms with E-state index in [1.54, 1.807) is 24.3 Å². The SMILES string of the molecule is COC(=O)c1ccc(OCC(C2CCCCC2)C2(c3ccc(Cl)cc3)Nc3cc(F)c(F)cc3N2)cn1. The summed E-state index contributed by atoms with van der Waals surface area (Å²) in [5, 5.41) is 7.59. The number of ether oxygens (including phenoxy) is 2. The lowest BCUT2D eigenvalue weighted by Gasteiger charge is -2.44. The van der Waals surface area contributed by atoms with Crippen LogP contribution in [0.15, 0.2) is 54.7 Å². The zero-order valence-corrected chi connectivity index (χ0v) is 21.2. The number of esters is 1. The number of hydrogen-bond acceptors (Lipinski definition) is 6. The average Bonchev–Trinajstić information content (AvgIpc) is 3.28. The molecule has 2 aliphatic rings. The Morgan fingerprint density at radius 2 is 1.70 bits per heavy atom. The van der Waals surface area contributed by atoms with Crippen molar-refractivity contribution in [2.24, 2.45) is 11.8 Å². The fourth-order valence-electron chi connectivity index (χ4n) is 5.49. The van der Waals surface area contributed by atoms with E-state index in [2.05, 4.69) is 15.6 Å². The topological polar surface area (TPSA) is 72.5 Å². The Morgan fingerprint density at radius 1 is 1.05 bits per heavy atom. The standard InChI is InChI=1S/C28H28ClF2N3O3/c1-36-27(35)24-12-11-20(15-32-24)37-16-21(17-5-3-2-4-6-17)28(18-7-9-19(29)10-8-18)33-25-13-22(30)23(31)14-26(25)34-28/h7-15,17,21,33-34H,2-6,16H2,1H3. The van der Waals surface area contributed by atoms with Gasteiger partial charge in [-0.2, -0.15) is 0 Å². The van der Waals surface area contributed by atoms with Gasteiger partial charge in [-0.05, 0) is 48.6 Å². The monoisotopic (exact) mass is 527 g/mol. The molecule has 3 aromatic rings. The number of nitrogens with one attached hydrogen (secondary N) is 2. The molecule has 5 rings (SSSR count). The molecule has 2 aromatic carbocycles. The number of carbonyl (C=O) groups is 1. The van der Waals surface area contributed by atoms with E-state index in [0.29, 0.717) is 28.8 Å². The molecular weight excluding hydrogens is 500 g/mol. The van der Waals surface area contributed by atoms with Crippen molar-refractivity contribution in [3.8, 4) is 5.75 Å². The summed E-state index contributed by atoms with van der Waals surface area (Å²) in [7, 11) is 1.30. The van der Waals surface area contributed by atoms with E-state index in [9.17, 15) is 13.6 Å². The molecule has 2 heterocycles. The van der Waals surface area contributed by atoms with Crippen molar-refractivity contribution in [1.82, 2.24) is 4.98 Å². The summed E-state index contributed by atoms with van der Waals surface area (Å²) in [6, 6.07) is 13.1. The van der Waals surface area contributed by atoms with Gasteiger partial charge in [-0.15, -0.1) is 0 Å². The lowest BCUT2D eigenvalue weighted by Crippen LogP contribution is -2.51. The van der Waals surface area contributed by atoms with Crippen LogP contribution in [0.1, 0.15) is 48.2 Å². The number of pyridine rings is 1. The minimum Gasteiger partial charge on any atom is -0.491 e. The maximum Gasteiger partial charge on any atom is 0.356 e. The highest BCUT2D eigenvalue weighted by Gasteiger charge is 2.49. The Morgan fingerprint density at radius 3 is 2.27 bits per heavy atom. The van der Waals surface area contributed by atoms with Crippen molar-refractivity contribution in [3.63, 3.8) is 0 Å². The van der Waals surface area contributed by atoms with E-state index in [1.807, 2.05) is 12.1 Å². The first kappa shape index (κ1) is 25.3. The predicted octanol–water partition coefficient (Wildman–Crippen LogP) is 6.77. The number of methoxy groups -OCH3 is 1. The lowest BCUT2D eigenvalue weighted by molar-refractivity contribution is 0.0594. The molecule has 194 valence electrons. The largest absolute Gasteiger partial charge is 0.491 e. The van der Waals surface area contributed by atoms with Crippen LogP contribution >= 0.6 is 11.6 Å². The number of carbonyl (C=O) groups excluding carboxylic acids is 1. The summed E-state index contributed by atoms with van der Waals surface area (Å²) in [5.74, 6) is -1.70. The van der Waals surface area contributed by atoms with Crippen LogP contribution in [0, 0.1) is 23.5 Å². The van der Waals surface area contributed by atoms with Gasteiger partial charge in [0.1, 0.15) is 17.1 Å². The summed E-state index contributed by atoms with van der Waals surface area (Å²) >= 11 is 6.20. The van der Waals surface area contributed by atoms with Crippen molar-refractivity contribution < 1.29 is 23.0 Å². The number of halogens is 3. The van der Waals surface area contributed by atoms with Gasteiger partial charge in [0.15, 0.2) is 11.6 Å². The third kappa shape index (κ3) is 5.07. The molecule has 1 aromatic heterocycles. The van der Waals surface area contributed by atoms with E-state index in [1.165, 1.54) is 31.9 Å². The molecule has 1 fully saturated rings. The number of nitrogens with zero attached hydrogens (tertiary/aromatic N) is 1. The maximum atomic E-state index is 14.2. The van der Waals surface area contributed by atoms with Gasteiger partial charge in [0.05, 0.1) is 31.3 Å². The van der Waals surface area contributed by atoms with Gasteiger partial charge in [0, 0.05) is 23.1 Å². The quantitative estimate of drug-likeness (QED) is 0.330. The molecule has 0 spiro atoms. The van der Waals surface area contributed by atoms with Crippen LogP contribution in [0.4, 0.5) is 20.2 Å². The second kappa shape index (κ2) is 10.5. The summed E-state index contributed by atoms with van der Waals surface area (Å²) in [6.07, 6.45) is 6.88. The molecule has 1 saturated carbocycles. The minimum atomic E-state index is -0.915. The smallest absolute Gasteiger partial charge is 0.356 e. The number of benzene rings is 2. The molecule has 9 heteroatoms. The number of fused-ring (bicyclic) bond motifs is 1. The third-order valence-electron chi connectivity index (χ3n) is 7.36. The molecule has 0 radical (unpaired) electrons. The van der Waals surface area contributed by atoms with Gasteiger partial charge in [0.25, 0.3) is 0 Å². The van der Waals surface area contributed by atoms with Crippen LogP contribution in [0.3, 0.4) is 0 Å². The summed E-state index contributed by atoms with van der Waals surface area (Å²) < 4.78 is 39.4. The molecular formula is C28H28ClF2N3O3. The average molecular weight is 528 g/mol. The molecule has 1 atom stereocenters. The van der Waals surface area contributed by atoms with E-state index in [4.69, 9.17) is 21.1 Å². The fourth-order valence-corrected chi connectivity index (χ4v) is 5.62. The second-order valence-electron chi connectivity index (χ2n) is 9.56. The van der Waals surface area contributed by atoms with Gasteiger partial charge >= 0.3 is 5.97 Å². The highest BCUT2D eigenvalue weighted by Crippen LogP contribution is 2.49. The van der Waals surface area contributed by atoms with Gasteiger partial charge in [-0.3, -0.25) is 0 Å². The number of rotatable bonds is 7. The zero-order valence-electron chi connectivity index (χ0n) is 20.4. The molecule has 1 aliphatic carbocycles. The number of hydrogen-bond donors (Lipinski definition) is 2. The van der Waals surface area contributed by atoms with Crippen LogP contribution in [0.5, 0.6) is 5.75 Å². The van der Waals surface area contributed by atoms with Crippen molar-refractivity contribution in [1.29, 1.82) is 0 Å². The third-order valence-corrected chi connectivity index (χ3v) is 7.61. The van der Waals surface area contributed by atoms with E-state index in [-0.39, 0.29) is 17.5 Å². The molecule has 6 nitrogen and oxygen atoms in total. The first-order chi connectivity index (χ1) is 17.9. The van der Waals surface area contributed by atoms with E-state index < -0.39 is 23.3 Å². The normalized spacial score (nSPS) is 17.3. The van der Waals surface area contributed by atoms with Gasteiger partial charge < -0.3 is 20.1 Å². The highest BCUT2D eigenvalue weighted by atomic mass is 35.5. The molecule has 0 saturated heterocycles. The van der Waals surface area contributed by atoms with Crippen molar-refractivity contribution in [2.75, 3.05) is 24.4 Å². The van der Waals surface area contributed by atoms with Crippen molar-refractivity contribution >= 4 is 28.9 Å². The van der Waals surface area contributed by atoms with E-state index >= 15 is 0 Å². The Labute approximate surface area is 219 Å². The second-order valence-corrected chi connectivity index (χ2v) is 10.00. The number of aromatic nitrogens is 1. The number of anilines is 2. The first-order valence-corrected chi connectivity index (χ1v) is 12.8. The van der Waals surface area contributed by atoms with Gasteiger partial charge in [-0.1, -0.05) is 43.0 Å². The van der Waals surface area contributed by atoms with Crippen LogP contribution < -0.4 is 15.4 Å². The summed E-state index contributed by atoms with van der Waals surface area (Å²) in [4.78, 5) is 15.9. The Bertz CT molecular complexity index is 1230. The lowest BCUT2D eigenvalue weighted by atomic mass is 9.72. The molecule has 2 N–H and O–H groups in total. The maximum absolute atomic E-state index is 14.2. The highest BCUT2D eigenvalue weighted by molar-refractivity contribution is 6.30. The molecule has 1 aliphatic heterocycles. The zero-order chi connectivity index (χ0) is 26.0. The van der Waals surface area contributed by atoms with Gasteiger partial charge in [0.2, 0.25) is 0 Å². The molecule has 0 amide bonds. The molecule has 37 heavy (non-hydrogen) atoms. The van der Waals surface area contributed by atoms with Crippen molar-refractivity contribution in [2.45, 2.75) is 37.8 Å². The summed E-state index contributed by atoms with van der Waals surface area (Å²) in [5.41, 5.74) is 1.15. The predicted molar refractivity (Wildman–Crippen MR) is 138 cm³/mol. The van der Waals surface area contributed by atoms with Crippen LogP contribution in [-0.2, 0) is 10.4 Å². The van der Waals surface area contributed by atoms with Crippen LogP contribution in [-0.4, -0.2) is 24.7 Å². The van der Waals surface area contributed by atoms with Crippen LogP contribution in [0.2, 0.25) is 5.02 Å². The van der Waals surface area contributed by atoms with Crippen molar-refractivity contribution in [3.05, 3.63) is 82.6 Å². The Balaban J connectivity index is 1.52. The first-order valence-electron chi connectivity index (χ1n) is 12.4. The van der Waals surface area contributed by atoms with Gasteiger partial charge in [-0.25, -0.2) is 18.6 Å². The molecule has 1 unspecified atom stereocenters. The Kier molecular flexibility index (Phi) is 7.20. The van der Waals surface area contributed by atoms with Crippen LogP contribution in [0.25, 0.3) is 0 Å². The molecule has 0 bridgehead atoms. The Hall–Kier alpha value is -3.39. The minimum absolute atomic E-state index is 0.132. The fraction of sp³-hybridized carbons (Fsp3) is 0.357. The summed E-state index contributed by atoms with van der Waals surface area (Å²) in [6.45, 7) is 0.297.